The monoisotopic (exact) mass is 408 g/mol. The van der Waals surface area contributed by atoms with E-state index in [4.69, 9.17) is 4.74 Å². The molecular formula is C24H32N4O2. The summed E-state index contributed by atoms with van der Waals surface area (Å²) in [6.45, 7) is 10.1. The molecule has 2 aromatic carbocycles. The Hall–Kier alpha value is -3.02. The van der Waals surface area contributed by atoms with Crippen molar-refractivity contribution in [3.05, 3.63) is 53.6 Å². The van der Waals surface area contributed by atoms with Crippen molar-refractivity contribution in [1.82, 2.24) is 5.43 Å². The first-order valence-corrected chi connectivity index (χ1v) is 10.5. The number of ether oxygens (including phenoxy) is 1. The van der Waals surface area contributed by atoms with Gasteiger partial charge in [0.25, 0.3) is 0 Å². The molecule has 2 amide bonds. The van der Waals surface area contributed by atoms with E-state index in [1.807, 2.05) is 30.3 Å². The molecule has 1 unspecified atom stereocenters. The topological polar surface area (TPSA) is 66.0 Å². The summed E-state index contributed by atoms with van der Waals surface area (Å²) >= 11 is 0. The number of benzene rings is 2. The molecule has 30 heavy (non-hydrogen) atoms. The third kappa shape index (κ3) is 4.75. The van der Waals surface area contributed by atoms with E-state index >= 15 is 0 Å². The molecule has 0 aromatic heterocycles. The van der Waals surface area contributed by atoms with Gasteiger partial charge in [-0.1, -0.05) is 32.0 Å². The minimum Gasteiger partial charge on any atom is -0.496 e. The molecule has 0 bridgehead atoms. The lowest BCUT2D eigenvalue weighted by molar-refractivity contribution is 0.252. The number of amides is 2. The second-order valence-corrected chi connectivity index (χ2v) is 8.41. The smallest absolute Gasteiger partial charge is 0.339 e. The third-order valence-electron chi connectivity index (χ3n) is 5.59. The van der Waals surface area contributed by atoms with Crippen molar-refractivity contribution >= 4 is 23.6 Å². The number of rotatable bonds is 6. The Kier molecular flexibility index (Phi) is 6.65. The zero-order valence-corrected chi connectivity index (χ0v) is 18.5. The maximum absolute atomic E-state index is 12.1. The second-order valence-electron chi connectivity index (χ2n) is 8.41. The van der Waals surface area contributed by atoms with Crippen LogP contribution in [0.4, 0.5) is 16.2 Å². The molecule has 2 N–H and O–H groups in total. The highest BCUT2D eigenvalue weighted by Crippen LogP contribution is 2.45. The highest BCUT2D eigenvalue weighted by atomic mass is 16.5. The summed E-state index contributed by atoms with van der Waals surface area (Å²) in [5.74, 6) is 1.17. The molecule has 0 spiro atoms. The lowest BCUT2D eigenvalue weighted by Gasteiger charge is -2.47. The van der Waals surface area contributed by atoms with Crippen LogP contribution in [0.5, 0.6) is 5.75 Å². The summed E-state index contributed by atoms with van der Waals surface area (Å²) in [5.41, 5.74) is 6.69. The van der Waals surface area contributed by atoms with Crippen LogP contribution in [0.2, 0.25) is 0 Å². The number of hydrogen-bond acceptors (Lipinski definition) is 4. The first kappa shape index (κ1) is 21.7. The minimum atomic E-state index is -0.390. The van der Waals surface area contributed by atoms with Gasteiger partial charge in [0.2, 0.25) is 0 Å². The fourth-order valence-electron chi connectivity index (χ4n) is 4.29. The maximum Gasteiger partial charge on any atom is 0.339 e. The van der Waals surface area contributed by atoms with Crippen LogP contribution in [0, 0.1) is 0 Å². The van der Waals surface area contributed by atoms with Gasteiger partial charge in [-0.3, -0.25) is 0 Å². The largest absolute Gasteiger partial charge is 0.496 e. The quantitative estimate of drug-likeness (QED) is 0.500. The van der Waals surface area contributed by atoms with Crippen LogP contribution in [-0.4, -0.2) is 31.4 Å². The van der Waals surface area contributed by atoms with Crippen molar-refractivity contribution in [3.63, 3.8) is 0 Å². The van der Waals surface area contributed by atoms with Crippen molar-refractivity contribution in [2.24, 2.45) is 5.10 Å². The van der Waals surface area contributed by atoms with E-state index in [-0.39, 0.29) is 5.54 Å². The van der Waals surface area contributed by atoms with Crippen LogP contribution in [0.3, 0.4) is 0 Å². The molecule has 0 saturated heterocycles. The van der Waals surface area contributed by atoms with Crippen LogP contribution < -0.4 is 20.4 Å². The Balaban J connectivity index is 1.81. The SMILES string of the molecule is CCCN1c2cc(OC)c(/C=N/NC(=O)Nc3ccccc3)cc2C(C)CC1(C)C. The standard InChI is InChI=1S/C24H32N4O2/c1-6-12-28-21-14-22(30-5)18(13-20(21)17(2)15-24(28,3)4)16-25-27-23(29)26-19-10-8-7-9-11-19/h7-11,13-14,16-17H,6,12,15H2,1-5H3,(H2,26,27,29)/b25-16+. The van der Waals surface area contributed by atoms with Gasteiger partial charge in [-0.2, -0.15) is 5.10 Å². The fraction of sp³-hybridized carbons (Fsp3) is 0.417. The van der Waals surface area contributed by atoms with Gasteiger partial charge in [-0.25, -0.2) is 10.2 Å². The fourth-order valence-corrected chi connectivity index (χ4v) is 4.29. The number of hydrogen-bond donors (Lipinski definition) is 2. The summed E-state index contributed by atoms with van der Waals surface area (Å²) in [4.78, 5) is 14.5. The molecule has 1 atom stereocenters. The average Bonchev–Trinajstić information content (AvgIpc) is 2.71. The minimum absolute atomic E-state index is 0.0973. The van der Waals surface area contributed by atoms with E-state index in [2.05, 4.69) is 60.6 Å². The van der Waals surface area contributed by atoms with Crippen LogP contribution in [0.1, 0.15) is 57.6 Å². The van der Waals surface area contributed by atoms with Gasteiger partial charge in [0.1, 0.15) is 5.75 Å². The van der Waals surface area contributed by atoms with Gasteiger partial charge in [-0.15, -0.1) is 0 Å². The number of fused-ring (bicyclic) bond motifs is 1. The van der Waals surface area contributed by atoms with Gasteiger partial charge < -0.3 is 15.0 Å². The summed E-state index contributed by atoms with van der Waals surface area (Å²) < 4.78 is 5.65. The van der Waals surface area contributed by atoms with Crippen molar-refractivity contribution in [3.8, 4) is 5.75 Å². The molecule has 3 rings (SSSR count). The number of methoxy groups -OCH3 is 1. The zero-order valence-electron chi connectivity index (χ0n) is 18.5. The number of nitrogens with zero attached hydrogens (tertiary/aromatic N) is 2. The normalized spacial score (nSPS) is 17.5. The number of carbonyl (C=O) groups is 1. The number of anilines is 2. The highest BCUT2D eigenvalue weighted by Gasteiger charge is 2.36. The molecular weight excluding hydrogens is 376 g/mol. The first-order valence-electron chi connectivity index (χ1n) is 10.5. The molecule has 1 aliphatic heterocycles. The average molecular weight is 409 g/mol. The zero-order chi connectivity index (χ0) is 21.7. The van der Waals surface area contributed by atoms with Crippen molar-refractivity contribution < 1.29 is 9.53 Å². The van der Waals surface area contributed by atoms with Gasteiger partial charge in [0.15, 0.2) is 0 Å². The Bertz CT molecular complexity index is 909. The molecule has 1 aliphatic rings. The number of hydrazone groups is 1. The van der Waals surface area contributed by atoms with E-state index in [1.165, 1.54) is 11.3 Å². The number of nitrogens with one attached hydrogen (secondary N) is 2. The number of para-hydroxylation sites is 1. The van der Waals surface area contributed by atoms with Crippen molar-refractivity contribution in [1.29, 1.82) is 0 Å². The Morgan fingerprint density at radius 1 is 1.30 bits per heavy atom. The van der Waals surface area contributed by atoms with Gasteiger partial charge in [0.05, 0.1) is 13.3 Å². The Morgan fingerprint density at radius 3 is 2.70 bits per heavy atom. The molecule has 6 heteroatoms. The van der Waals surface area contributed by atoms with Crippen LogP contribution >= 0.6 is 0 Å². The van der Waals surface area contributed by atoms with E-state index in [0.717, 1.165) is 30.7 Å². The van der Waals surface area contributed by atoms with E-state index in [0.29, 0.717) is 11.6 Å². The highest BCUT2D eigenvalue weighted by molar-refractivity contribution is 5.91. The van der Waals surface area contributed by atoms with E-state index < -0.39 is 6.03 Å². The van der Waals surface area contributed by atoms with Crippen LogP contribution in [0.25, 0.3) is 0 Å². The summed E-state index contributed by atoms with van der Waals surface area (Å²) in [5, 5.41) is 6.86. The van der Waals surface area contributed by atoms with Gasteiger partial charge in [0, 0.05) is 35.1 Å². The molecule has 0 radical (unpaired) electrons. The predicted octanol–water partition coefficient (Wildman–Crippen LogP) is 5.35. The lowest BCUT2D eigenvalue weighted by Crippen LogP contribution is -2.48. The van der Waals surface area contributed by atoms with Crippen LogP contribution in [-0.2, 0) is 0 Å². The van der Waals surface area contributed by atoms with Gasteiger partial charge in [-0.05, 0) is 56.4 Å². The molecule has 6 nitrogen and oxygen atoms in total. The molecule has 0 fully saturated rings. The third-order valence-corrected chi connectivity index (χ3v) is 5.59. The van der Waals surface area contributed by atoms with Crippen molar-refractivity contribution in [2.45, 2.75) is 52.0 Å². The van der Waals surface area contributed by atoms with Crippen molar-refractivity contribution in [2.75, 3.05) is 23.9 Å². The summed E-state index contributed by atoms with van der Waals surface area (Å²) in [6, 6.07) is 13.1. The second kappa shape index (κ2) is 9.20. The maximum atomic E-state index is 12.1. The first-order chi connectivity index (χ1) is 14.4. The van der Waals surface area contributed by atoms with Crippen LogP contribution in [0.15, 0.2) is 47.6 Å². The summed E-state index contributed by atoms with van der Waals surface area (Å²) in [7, 11) is 1.66. The van der Waals surface area contributed by atoms with E-state index in [9.17, 15) is 4.79 Å². The Morgan fingerprint density at radius 2 is 2.03 bits per heavy atom. The molecule has 160 valence electrons. The Labute approximate surface area is 179 Å². The molecule has 2 aromatic rings. The van der Waals surface area contributed by atoms with Gasteiger partial charge >= 0.3 is 6.03 Å². The lowest BCUT2D eigenvalue weighted by atomic mass is 9.79. The number of urea groups is 1. The van der Waals surface area contributed by atoms with E-state index in [1.54, 1.807) is 13.3 Å². The number of carbonyl (C=O) groups excluding carboxylic acids is 1. The molecule has 0 aliphatic carbocycles. The summed E-state index contributed by atoms with van der Waals surface area (Å²) in [6.07, 6.45) is 3.81. The predicted molar refractivity (Wildman–Crippen MR) is 124 cm³/mol. The molecule has 0 saturated carbocycles. The molecule has 1 heterocycles.